The summed E-state index contributed by atoms with van der Waals surface area (Å²) in [6.07, 6.45) is 0.968. The van der Waals surface area contributed by atoms with Crippen molar-refractivity contribution in [2.24, 2.45) is 5.84 Å². The summed E-state index contributed by atoms with van der Waals surface area (Å²) in [5, 5.41) is 23.6. The summed E-state index contributed by atoms with van der Waals surface area (Å²) in [6, 6.07) is 6.42. The molecule has 6 nitrogen and oxygen atoms in total. The summed E-state index contributed by atoms with van der Waals surface area (Å²) in [6.45, 7) is 0. The van der Waals surface area contributed by atoms with Gasteiger partial charge in [0.15, 0.2) is 5.69 Å². The molecule has 2 N–H and O–H groups in total. The molecule has 1 heterocycles. The average Bonchev–Trinajstić information content (AvgIpc) is 2.15. The van der Waals surface area contributed by atoms with E-state index in [9.17, 15) is 10.4 Å². The van der Waals surface area contributed by atoms with Crippen LogP contribution in [0.5, 0.6) is 0 Å². The number of para-hydroxylation sites is 2. The van der Waals surface area contributed by atoms with E-state index in [-0.39, 0.29) is 5.69 Å². The minimum absolute atomic E-state index is 0.238. The van der Waals surface area contributed by atoms with E-state index in [0.29, 0.717) is 20.7 Å². The largest absolute Gasteiger partial charge is 0.719 e. The topological polar surface area (TPSA) is 81.6 Å². The smallest absolute Gasteiger partial charge is 0.285 e. The number of fused-ring (bicyclic) bond motifs is 1. The Bertz CT molecular complexity index is 365. The Morgan fingerprint density at radius 2 is 2.00 bits per heavy atom. The molecule has 68 valence electrons. The third-order valence-corrected chi connectivity index (χ3v) is 1.76. The zero-order valence-electron chi connectivity index (χ0n) is 6.62. The fourth-order valence-corrected chi connectivity index (χ4v) is 1.15. The molecule has 0 unspecified atom stereocenters. The summed E-state index contributed by atoms with van der Waals surface area (Å²) in [5.74, 6) is 5.23. The molecule has 2 rings (SSSR count). The summed E-state index contributed by atoms with van der Waals surface area (Å²) in [4.78, 5) is 0. The first-order valence-electron chi connectivity index (χ1n) is 3.61. The van der Waals surface area contributed by atoms with Crippen molar-refractivity contribution in [2.45, 2.75) is 0 Å². The van der Waals surface area contributed by atoms with Crippen LogP contribution in [-0.4, -0.2) is 16.2 Å². The van der Waals surface area contributed by atoms with Crippen LogP contribution in [0.2, 0.25) is 0 Å². The maximum Gasteiger partial charge on any atom is 0.285 e. The first-order valence-corrected chi connectivity index (χ1v) is 3.61. The minimum Gasteiger partial charge on any atom is -0.719 e. The molecule has 1 aliphatic heterocycles. The lowest BCUT2D eigenvalue weighted by Gasteiger charge is -2.35. The normalized spacial score (nSPS) is 15.4. The zero-order valence-corrected chi connectivity index (χ0v) is 6.62. The molecule has 0 amide bonds. The van der Waals surface area contributed by atoms with Gasteiger partial charge in [0, 0.05) is 0 Å². The molecule has 0 bridgehead atoms. The van der Waals surface area contributed by atoms with Gasteiger partial charge in [-0.3, -0.25) is 5.17 Å². The first-order chi connectivity index (χ1) is 6.20. The molecule has 0 fully saturated rings. The number of hydrogen-bond acceptors (Lipinski definition) is 5. The number of nitrogens with zero attached hydrogens (tertiary/aromatic N) is 3. The molecule has 6 heteroatoms. The fourth-order valence-electron chi connectivity index (χ4n) is 1.15. The molecule has 0 saturated heterocycles. The second-order valence-corrected chi connectivity index (χ2v) is 2.58. The van der Waals surface area contributed by atoms with Crippen molar-refractivity contribution in [1.29, 1.82) is 0 Å². The van der Waals surface area contributed by atoms with Gasteiger partial charge < -0.3 is 10.4 Å². The standard InChI is InChI=1S/C7H7N4O2/c8-10-5-9(12)6-3-1-2-4-7(6)11(10)13/h1-5H,8H2/q-1. The van der Waals surface area contributed by atoms with Gasteiger partial charge in [0.2, 0.25) is 0 Å². The monoisotopic (exact) mass is 179 g/mol. The first kappa shape index (κ1) is 7.84. The van der Waals surface area contributed by atoms with Gasteiger partial charge in [-0.2, -0.15) is 5.84 Å². The molecule has 0 radical (unpaired) electrons. The van der Waals surface area contributed by atoms with Crippen LogP contribution in [-0.2, 0) is 0 Å². The molecule has 1 aromatic rings. The molecule has 1 aliphatic rings. The van der Waals surface area contributed by atoms with Gasteiger partial charge in [-0.1, -0.05) is 17.3 Å². The quantitative estimate of drug-likeness (QED) is 0.351. The summed E-state index contributed by atoms with van der Waals surface area (Å²) in [5.41, 5.74) is 0.529. The number of nitrogens with two attached hydrogens (primary N) is 1. The summed E-state index contributed by atoms with van der Waals surface area (Å²) < 4.78 is 0.545. The molecule has 0 saturated carbocycles. The molecular weight excluding hydrogens is 172 g/mol. The third kappa shape index (κ3) is 1.08. The van der Waals surface area contributed by atoms with E-state index < -0.39 is 0 Å². The number of benzene rings is 1. The highest BCUT2D eigenvalue weighted by Crippen LogP contribution is 2.29. The van der Waals surface area contributed by atoms with Crippen molar-refractivity contribution in [3.8, 4) is 0 Å². The van der Waals surface area contributed by atoms with Crippen molar-refractivity contribution in [2.75, 3.05) is 5.17 Å². The lowest BCUT2D eigenvalue weighted by Crippen LogP contribution is -2.47. The molecule has 0 aromatic heterocycles. The SMILES string of the molecule is NN1C=[N+]([O-])c2ccccc2N1[O-]. The highest BCUT2D eigenvalue weighted by Gasteiger charge is 2.18. The summed E-state index contributed by atoms with van der Waals surface area (Å²) >= 11 is 0. The Labute approximate surface area is 74.2 Å². The van der Waals surface area contributed by atoms with Crippen molar-refractivity contribution >= 4 is 17.7 Å². The van der Waals surface area contributed by atoms with E-state index in [4.69, 9.17) is 5.84 Å². The Morgan fingerprint density at radius 1 is 1.31 bits per heavy atom. The second kappa shape index (κ2) is 2.61. The van der Waals surface area contributed by atoms with Gasteiger partial charge in [-0.25, -0.2) is 4.74 Å². The van der Waals surface area contributed by atoms with Crippen molar-refractivity contribution < 1.29 is 4.74 Å². The lowest BCUT2D eigenvalue weighted by atomic mass is 10.2. The maximum absolute atomic E-state index is 11.3. The van der Waals surface area contributed by atoms with Crippen molar-refractivity contribution in [3.05, 3.63) is 34.7 Å². The highest BCUT2D eigenvalue weighted by atomic mass is 16.6. The predicted molar refractivity (Wildman–Crippen MR) is 47.7 cm³/mol. The van der Waals surface area contributed by atoms with Crippen LogP contribution < -0.4 is 11.0 Å². The van der Waals surface area contributed by atoms with E-state index in [0.717, 1.165) is 6.34 Å². The van der Waals surface area contributed by atoms with E-state index in [1.54, 1.807) is 18.2 Å². The molecular formula is C7H7N4O2-. The van der Waals surface area contributed by atoms with Crippen LogP contribution in [0, 0.1) is 10.4 Å². The Hall–Kier alpha value is -1.79. The zero-order chi connectivity index (χ0) is 9.42. The number of anilines is 1. The van der Waals surface area contributed by atoms with Crippen LogP contribution in [0.3, 0.4) is 0 Å². The molecule has 0 atom stereocenters. The number of hydrogen-bond donors (Lipinski definition) is 1. The van der Waals surface area contributed by atoms with Gasteiger partial charge in [0.1, 0.15) is 5.69 Å². The van der Waals surface area contributed by atoms with E-state index in [1.165, 1.54) is 6.07 Å². The lowest BCUT2D eigenvalue weighted by molar-refractivity contribution is -0.364. The van der Waals surface area contributed by atoms with Crippen LogP contribution in [0.25, 0.3) is 0 Å². The van der Waals surface area contributed by atoms with E-state index in [2.05, 4.69) is 0 Å². The number of hydrazine groups is 2. The third-order valence-electron chi connectivity index (χ3n) is 1.76. The van der Waals surface area contributed by atoms with Gasteiger partial charge in [0.05, 0.1) is 0 Å². The van der Waals surface area contributed by atoms with E-state index in [1.807, 2.05) is 0 Å². The van der Waals surface area contributed by atoms with Crippen LogP contribution in [0.1, 0.15) is 0 Å². The minimum atomic E-state index is 0.238. The van der Waals surface area contributed by atoms with Crippen molar-refractivity contribution in [1.82, 2.24) is 5.12 Å². The van der Waals surface area contributed by atoms with Crippen molar-refractivity contribution in [3.63, 3.8) is 0 Å². The van der Waals surface area contributed by atoms with Gasteiger partial charge >= 0.3 is 0 Å². The van der Waals surface area contributed by atoms with Gasteiger partial charge in [-0.05, 0) is 12.1 Å². The average molecular weight is 179 g/mol. The van der Waals surface area contributed by atoms with Gasteiger partial charge in [-0.15, -0.1) is 0 Å². The fraction of sp³-hybridized carbons (Fsp3) is 0. The molecule has 0 spiro atoms. The second-order valence-electron chi connectivity index (χ2n) is 2.58. The Morgan fingerprint density at radius 3 is 2.77 bits per heavy atom. The Balaban J connectivity index is 2.58. The van der Waals surface area contributed by atoms with Crippen LogP contribution >= 0.6 is 0 Å². The molecule has 0 aliphatic carbocycles. The maximum atomic E-state index is 11.3. The summed E-state index contributed by atoms with van der Waals surface area (Å²) in [7, 11) is 0. The number of rotatable bonds is 0. The van der Waals surface area contributed by atoms with Crippen LogP contribution in [0.4, 0.5) is 11.4 Å². The Kier molecular flexibility index (Phi) is 1.57. The van der Waals surface area contributed by atoms with Crippen LogP contribution in [0.15, 0.2) is 24.3 Å². The highest BCUT2D eigenvalue weighted by molar-refractivity contribution is 5.71. The predicted octanol–water partition coefficient (Wildman–Crippen LogP) is 0.265. The molecule has 1 aromatic carbocycles. The van der Waals surface area contributed by atoms with E-state index >= 15 is 0 Å². The van der Waals surface area contributed by atoms with Gasteiger partial charge in [0.25, 0.3) is 6.34 Å². The molecule has 13 heavy (non-hydrogen) atoms.